The quantitative estimate of drug-likeness (QED) is 0.640. The first kappa shape index (κ1) is 20.4. The van der Waals surface area contributed by atoms with Gasteiger partial charge in [-0.3, -0.25) is 4.98 Å². The third kappa shape index (κ3) is 3.40. The number of rotatable bonds is 2. The second kappa shape index (κ2) is 7.01. The molecule has 3 aliphatic rings. The number of fused-ring (bicyclic) bond motifs is 3. The number of carbonyl (C=O) groups is 1. The van der Waals surface area contributed by atoms with Gasteiger partial charge in [0.05, 0.1) is 24.1 Å². The summed E-state index contributed by atoms with van der Waals surface area (Å²) in [6, 6.07) is -0.768. The van der Waals surface area contributed by atoms with E-state index in [2.05, 4.69) is 28.6 Å². The largest absolute Gasteiger partial charge is 0.474 e. The number of aliphatic hydroxyl groups is 1. The average molecular weight is 447 g/mol. The highest BCUT2D eigenvalue weighted by atomic mass is 32.2. The molecule has 31 heavy (non-hydrogen) atoms. The lowest BCUT2D eigenvalue weighted by Crippen LogP contribution is -2.31. The van der Waals surface area contributed by atoms with Gasteiger partial charge in [-0.15, -0.1) is 4.36 Å². The van der Waals surface area contributed by atoms with Crippen molar-refractivity contribution in [1.29, 1.82) is 0 Å². The molecule has 2 aliphatic carbocycles. The first-order valence-electron chi connectivity index (χ1n) is 10.4. The number of amides is 2. The number of nitrogens with zero attached hydrogens (tertiary/aromatic N) is 4. The summed E-state index contributed by atoms with van der Waals surface area (Å²) < 4.78 is 23.7. The van der Waals surface area contributed by atoms with E-state index in [0.29, 0.717) is 0 Å². The van der Waals surface area contributed by atoms with Crippen molar-refractivity contribution in [3.8, 4) is 5.88 Å². The number of anilines is 1. The van der Waals surface area contributed by atoms with Crippen LogP contribution in [0.4, 0.5) is 10.5 Å². The van der Waals surface area contributed by atoms with Crippen LogP contribution >= 0.6 is 0 Å². The number of carbonyl (C=O) groups excluding carboxylic acids is 1. The predicted octanol–water partition coefficient (Wildman–Crippen LogP) is 1.68. The number of pyridine rings is 1. The number of urea groups is 1. The first-order valence-corrected chi connectivity index (χ1v) is 12.0. The average Bonchev–Trinajstić information content (AvgIpc) is 3.38. The van der Waals surface area contributed by atoms with Gasteiger partial charge in [0, 0.05) is 11.1 Å². The SMILES string of the molecule is CC1(C)CCc2c1nc1c(c2NC(=O)N=S(N)(=O)c2cnn3c2OCC(O)C3)CCC1. The minimum atomic E-state index is -3.59. The third-order valence-electron chi connectivity index (χ3n) is 6.29. The van der Waals surface area contributed by atoms with Crippen LogP contribution in [0.3, 0.4) is 0 Å². The molecule has 0 fully saturated rings. The summed E-state index contributed by atoms with van der Waals surface area (Å²) in [7, 11) is -3.59. The van der Waals surface area contributed by atoms with Crippen molar-refractivity contribution in [3.63, 3.8) is 0 Å². The number of aryl methyl sites for hydroxylation is 1. The molecular formula is C20H26N6O4S. The van der Waals surface area contributed by atoms with Gasteiger partial charge in [0.15, 0.2) is 9.92 Å². The third-order valence-corrected chi connectivity index (χ3v) is 7.63. The van der Waals surface area contributed by atoms with Crippen LogP contribution in [0.2, 0.25) is 0 Å². The van der Waals surface area contributed by atoms with Crippen molar-refractivity contribution in [2.75, 3.05) is 11.9 Å². The number of hydrogen-bond donors (Lipinski definition) is 3. The number of ether oxygens (including phenoxy) is 1. The van der Waals surface area contributed by atoms with E-state index < -0.39 is 22.1 Å². The number of nitrogens with two attached hydrogens (primary N) is 1. The second-order valence-electron chi connectivity index (χ2n) is 9.03. The number of nitrogens with one attached hydrogen (secondary N) is 1. The molecule has 2 aromatic heterocycles. The van der Waals surface area contributed by atoms with Crippen LogP contribution in [-0.2, 0) is 41.1 Å². The molecule has 2 aromatic rings. The van der Waals surface area contributed by atoms with E-state index in [1.54, 1.807) is 0 Å². The van der Waals surface area contributed by atoms with E-state index in [1.165, 1.54) is 10.9 Å². The molecule has 3 heterocycles. The van der Waals surface area contributed by atoms with Crippen molar-refractivity contribution < 1.29 is 18.8 Å². The van der Waals surface area contributed by atoms with E-state index in [1.807, 2.05) is 0 Å². The Morgan fingerprint density at radius 1 is 1.39 bits per heavy atom. The molecule has 0 radical (unpaired) electrons. The Morgan fingerprint density at radius 2 is 2.19 bits per heavy atom. The van der Waals surface area contributed by atoms with E-state index in [9.17, 15) is 14.1 Å². The molecular weight excluding hydrogens is 420 g/mol. The lowest BCUT2D eigenvalue weighted by molar-refractivity contribution is 0.0538. The standard InChI is InChI=1S/C20H26N6O4S/c1-20(2)7-6-13-16(12-4-3-5-14(12)23-17(13)20)24-19(28)25-31(21,29)15-8-22-26-9-11(27)10-30-18(15)26/h8,11,27H,3-7,9-10H2,1-2H3,(H3,21,23,24,25,28,29). The zero-order valence-electron chi connectivity index (χ0n) is 17.6. The fourth-order valence-corrected chi connectivity index (χ4v) is 5.70. The highest BCUT2D eigenvalue weighted by molar-refractivity contribution is 7.91. The van der Waals surface area contributed by atoms with Gasteiger partial charge in [-0.2, -0.15) is 5.10 Å². The Bertz CT molecular complexity index is 1210. The van der Waals surface area contributed by atoms with Crippen LogP contribution in [0.1, 0.15) is 49.2 Å². The Kier molecular flexibility index (Phi) is 4.61. The van der Waals surface area contributed by atoms with Crippen molar-refractivity contribution in [1.82, 2.24) is 14.8 Å². The molecule has 0 saturated heterocycles. The summed E-state index contributed by atoms with van der Waals surface area (Å²) in [5.41, 5.74) is 4.83. The topological polar surface area (TPSA) is 145 Å². The second-order valence-corrected chi connectivity index (χ2v) is 10.8. The maximum atomic E-state index is 13.1. The van der Waals surface area contributed by atoms with E-state index in [0.717, 1.165) is 60.3 Å². The molecule has 2 atom stereocenters. The minimum Gasteiger partial charge on any atom is -0.474 e. The Morgan fingerprint density at radius 3 is 3.00 bits per heavy atom. The zero-order chi connectivity index (χ0) is 22.0. The van der Waals surface area contributed by atoms with Crippen molar-refractivity contribution in [2.24, 2.45) is 9.50 Å². The molecule has 10 nitrogen and oxygen atoms in total. The van der Waals surface area contributed by atoms with Crippen LogP contribution in [0.5, 0.6) is 5.88 Å². The fourth-order valence-electron chi connectivity index (χ4n) is 4.70. The highest BCUT2D eigenvalue weighted by Crippen LogP contribution is 2.44. The summed E-state index contributed by atoms with van der Waals surface area (Å²) in [5.74, 6) is 0.168. The Hall–Kier alpha value is -2.50. The summed E-state index contributed by atoms with van der Waals surface area (Å²) in [6.07, 6.45) is 5.06. The monoisotopic (exact) mass is 446 g/mol. The Balaban J connectivity index is 1.49. The maximum absolute atomic E-state index is 13.1. The molecule has 1 aliphatic heterocycles. The van der Waals surface area contributed by atoms with Gasteiger partial charge in [-0.25, -0.2) is 18.8 Å². The molecule has 0 spiro atoms. The van der Waals surface area contributed by atoms with E-state index in [-0.39, 0.29) is 29.3 Å². The van der Waals surface area contributed by atoms with Crippen molar-refractivity contribution in [3.05, 3.63) is 28.7 Å². The van der Waals surface area contributed by atoms with Crippen LogP contribution < -0.4 is 15.2 Å². The van der Waals surface area contributed by atoms with Gasteiger partial charge in [0.2, 0.25) is 5.88 Å². The molecule has 2 unspecified atom stereocenters. The minimum absolute atomic E-state index is 0.0332. The van der Waals surface area contributed by atoms with E-state index in [4.69, 9.17) is 14.9 Å². The van der Waals surface area contributed by atoms with E-state index >= 15 is 0 Å². The van der Waals surface area contributed by atoms with Gasteiger partial charge >= 0.3 is 6.03 Å². The summed E-state index contributed by atoms with van der Waals surface area (Å²) in [4.78, 5) is 17.8. The zero-order valence-corrected chi connectivity index (χ0v) is 18.4. The van der Waals surface area contributed by atoms with Crippen LogP contribution in [0.25, 0.3) is 0 Å². The summed E-state index contributed by atoms with van der Waals surface area (Å²) >= 11 is 0. The maximum Gasteiger partial charge on any atom is 0.354 e. The van der Waals surface area contributed by atoms with Crippen molar-refractivity contribution >= 4 is 21.6 Å². The highest BCUT2D eigenvalue weighted by Gasteiger charge is 2.36. The number of aliphatic hydroxyl groups excluding tert-OH is 1. The molecule has 166 valence electrons. The van der Waals surface area contributed by atoms with Crippen molar-refractivity contribution in [2.45, 2.75) is 68.9 Å². The fraction of sp³-hybridized carbons (Fsp3) is 0.550. The molecule has 4 N–H and O–H groups in total. The van der Waals surface area contributed by atoms with Crippen LogP contribution in [0, 0.1) is 0 Å². The molecule has 0 bridgehead atoms. The molecule has 2 amide bonds. The Labute approximate surface area is 180 Å². The number of aromatic nitrogens is 3. The van der Waals surface area contributed by atoms with Gasteiger partial charge in [-0.05, 0) is 43.2 Å². The molecule has 11 heteroatoms. The summed E-state index contributed by atoms with van der Waals surface area (Å²) in [6.45, 7) is 4.56. The van der Waals surface area contributed by atoms with Gasteiger partial charge in [0.1, 0.15) is 17.6 Å². The smallest absolute Gasteiger partial charge is 0.354 e. The lowest BCUT2D eigenvalue weighted by atomic mass is 9.90. The molecule has 0 aromatic carbocycles. The van der Waals surface area contributed by atoms with Crippen LogP contribution in [0.15, 0.2) is 15.5 Å². The summed E-state index contributed by atoms with van der Waals surface area (Å²) in [5, 5.41) is 22.6. The van der Waals surface area contributed by atoms with Gasteiger partial charge < -0.3 is 15.2 Å². The molecule has 5 rings (SSSR count). The van der Waals surface area contributed by atoms with Gasteiger partial charge in [-0.1, -0.05) is 13.8 Å². The van der Waals surface area contributed by atoms with Gasteiger partial charge in [0.25, 0.3) is 0 Å². The predicted molar refractivity (Wildman–Crippen MR) is 113 cm³/mol. The molecule has 0 saturated carbocycles. The number of hydrogen-bond acceptors (Lipinski definition) is 6. The first-order chi connectivity index (χ1) is 14.7. The lowest BCUT2D eigenvalue weighted by Gasteiger charge is -2.21. The van der Waals surface area contributed by atoms with Crippen LogP contribution in [-0.4, -0.2) is 42.8 Å². The normalized spacial score (nSPS) is 22.6.